The molecular weight excluding hydrogens is 482 g/mol. The van der Waals surface area contributed by atoms with Crippen LogP contribution in [0.4, 0.5) is 0 Å². The predicted octanol–water partition coefficient (Wildman–Crippen LogP) is 3.19. The minimum atomic E-state index is -0.580. The van der Waals surface area contributed by atoms with Crippen LogP contribution in [0.25, 0.3) is 16.8 Å². The molecule has 4 heterocycles. The second kappa shape index (κ2) is 11.5. The summed E-state index contributed by atoms with van der Waals surface area (Å²) in [5.41, 5.74) is 3.63. The number of carbonyl (C=O) groups excluding carboxylic acids is 2. The van der Waals surface area contributed by atoms with Gasteiger partial charge in [0.15, 0.2) is 0 Å². The average molecular weight is 520 g/mol. The Labute approximate surface area is 223 Å². The molecule has 5 rings (SSSR count). The Balaban J connectivity index is 1.46. The van der Waals surface area contributed by atoms with Crippen molar-refractivity contribution in [3.8, 4) is 16.9 Å². The number of fused-ring (bicyclic) bond motifs is 1. The highest BCUT2D eigenvalue weighted by Crippen LogP contribution is 2.36. The summed E-state index contributed by atoms with van der Waals surface area (Å²) in [4.78, 5) is 33.9. The van der Waals surface area contributed by atoms with Crippen LogP contribution in [0.1, 0.15) is 44.3 Å². The molecule has 1 aromatic carbocycles. The van der Waals surface area contributed by atoms with Crippen LogP contribution in [0.3, 0.4) is 0 Å². The SMILES string of the molecule is CN[C@@H](C)C(=O)N[C@H](C(=O)N1CCC[C@H]1c1cn2cccc(-c3ccccc3OC)c2n1)C1CCOCC1. The summed E-state index contributed by atoms with van der Waals surface area (Å²) in [7, 11) is 3.41. The Kier molecular flexibility index (Phi) is 7.95. The van der Waals surface area contributed by atoms with E-state index < -0.39 is 6.04 Å². The largest absolute Gasteiger partial charge is 0.496 e. The molecule has 38 heavy (non-hydrogen) atoms. The van der Waals surface area contributed by atoms with Gasteiger partial charge in [0.25, 0.3) is 0 Å². The van der Waals surface area contributed by atoms with Gasteiger partial charge in [0.05, 0.1) is 24.9 Å². The number of hydrogen-bond acceptors (Lipinski definition) is 6. The minimum absolute atomic E-state index is 0.0296. The molecule has 9 heteroatoms. The number of ether oxygens (including phenoxy) is 2. The van der Waals surface area contributed by atoms with Crippen molar-refractivity contribution in [2.45, 2.75) is 50.7 Å². The Morgan fingerprint density at radius 3 is 2.63 bits per heavy atom. The lowest BCUT2D eigenvalue weighted by atomic mass is 9.90. The van der Waals surface area contributed by atoms with Crippen LogP contribution in [0.2, 0.25) is 0 Å². The van der Waals surface area contributed by atoms with Crippen molar-refractivity contribution in [3.63, 3.8) is 0 Å². The number of aromatic nitrogens is 2. The van der Waals surface area contributed by atoms with E-state index in [0.717, 1.165) is 53.9 Å². The Morgan fingerprint density at radius 2 is 1.87 bits per heavy atom. The van der Waals surface area contributed by atoms with Crippen LogP contribution in [-0.4, -0.2) is 72.1 Å². The van der Waals surface area contributed by atoms with E-state index in [2.05, 4.69) is 10.6 Å². The number of carbonyl (C=O) groups is 2. The zero-order chi connectivity index (χ0) is 26.6. The number of pyridine rings is 1. The quantitative estimate of drug-likeness (QED) is 0.475. The van der Waals surface area contributed by atoms with Crippen LogP contribution in [0.15, 0.2) is 48.8 Å². The first-order valence-corrected chi connectivity index (χ1v) is 13.5. The maximum absolute atomic E-state index is 14.1. The first-order chi connectivity index (χ1) is 18.5. The molecule has 0 radical (unpaired) electrons. The second-order valence-electron chi connectivity index (χ2n) is 10.2. The van der Waals surface area contributed by atoms with Gasteiger partial charge in [-0.3, -0.25) is 9.59 Å². The molecule has 0 unspecified atom stereocenters. The summed E-state index contributed by atoms with van der Waals surface area (Å²) in [6, 6.07) is 10.8. The summed E-state index contributed by atoms with van der Waals surface area (Å²) in [6.07, 6.45) is 7.23. The molecule has 9 nitrogen and oxygen atoms in total. The number of para-hydroxylation sites is 1. The highest BCUT2D eigenvalue weighted by molar-refractivity contribution is 5.90. The average Bonchev–Trinajstić information content (AvgIpc) is 3.62. The van der Waals surface area contributed by atoms with E-state index in [4.69, 9.17) is 14.5 Å². The summed E-state index contributed by atoms with van der Waals surface area (Å²) in [6.45, 7) is 3.66. The fraction of sp³-hybridized carbons (Fsp3) is 0.483. The Hall–Kier alpha value is -3.43. The lowest BCUT2D eigenvalue weighted by molar-refractivity contribution is -0.140. The zero-order valence-electron chi connectivity index (χ0n) is 22.4. The smallest absolute Gasteiger partial charge is 0.246 e. The van der Waals surface area contributed by atoms with Gasteiger partial charge in [0.1, 0.15) is 17.4 Å². The summed E-state index contributed by atoms with van der Waals surface area (Å²) in [5.74, 6) is 0.637. The normalized spacial score (nSPS) is 19.9. The molecular formula is C29H37N5O4. The van der Waals surface area contributed by atoms with Gasteiger partial charge >= 0.3 is 0 Å². The number of hydrogen-bond donors (Lipinski definition) is 2. The number of likely N-dealkylation sites (tertiary alicyclic amines) is 1. The molecule has 3 atom stereocenters. The van der Waals surface area contributed by atoms with Crippen molar-refractivity contribution >= 4 is 17.5 Å². The van der Waals surface area contributed by atoms with Crippen LogP contribution in [-0.2, 0) is 14.3 Å². The van der Waals surface area contributed by atoms with Gasteiger partial charge in [-0.25, -0.2) is 4.98 Å². The van der Waals surface area contributed by atoms with Crippen molar-refractivity contribution in [2.75, 3.05) is 33.9 Å². The van der Waals surface area contributed by atoms with E-state index in [-0.39, 0.29) is 29.8 Å². The molecule has 2 saturated heterocycles. The van der Waals surface area contributed by atoms with E-state index in [9.17, 15) is 9.59 Å². The van der Waals surface area contributed by atoms with E-state index >= 15 is 0 Å². The number of likely N-dealkylation sites (N-methyl/N-ethyl adjacent to an activating group) is 1. The topological polar surface area (TPSA) is 97.2 Å². The van der Waals surface area contributed by atoms with Crippen LogP contribution >= 0.6 is 0 Å². The van der Waals surface area contributed by atoms with Gasteiger partial charge in [0.2, 0.25) is 11.8 Å². The first-order valence-electron chi connectivity index (χ1n) is 13.5. The highest BCUT2D eigenvalue weighted by Gasteiger charge is 2.40. The number of rotatable bonds is 8. The third-order valence-corrected chi connectivity index (χ3v) is 7.90. The van der Waals surface area contributed by atoms with E-state index in [1.54, 1.807) is 21.1 Å². The molecule has 0 spiro atoms. The minimum Gasteiger partial charge on any atom is -0.496 e. The monoisotopic (exact) mass is 519 g/mol. The van der Waals surface area contributed by atoms with Gasteiger partial charge in [-0.2, -0.15) is 0 Å². The highest BCUT2D eigenvalue weighted by atomic mass is 16.5. The molecule has 0 bridgehead atoms. The zero-order valence-corrected chi connectivity index (χ0v) is 22.4. The molecule has 2 amide bonds. The molecule has 2 N–H and O–H groups in total. The van der Waals surface area contributed by atoms with Gasteiger partial charge in [0, 0.05) is 43.3 Å². The Morgan fingerprint density at radius 1 is 1.11 bits per heavy atom. The lowest BCUT2D eigenvalue weighted by Gasteiger charge is -2.35. The fourth-order valence-electron chi connectivity index (χ4n) is 5.63. The number of benzene rings is 1. The molecule has 0 saturated carbocycles. The van der Waals surface area contributed by atoms with Crippen LogP contribution in [0, 0.1) is 5.92 Å². The van der Waals surface area contributed by atoms with Crippen LogP contribution < -0.4 is 15.4 Å². The predicted molar refractivity (Wildman–Crippen MR) is 145 cm³/mol. The molecule has 0 aliphatic carbocycles. The fourth-order valence-corrected chi connectivity index (χ4v) is 5.63. The summed E-state index contributed by atoms with van der Waals surface area (Å²) in [5, 5.41) is 6.04. The van der Waals surface area contributed by atoms with Gasteiger partial charge in [-0.15, -0.1) is 0 Å². The number of imidazole rings is 1. The maximum Gasteiger partial charge on any atom is 0.246 e. The summed E-state index contributed by atoms with van der Waals surface area (Å²) >= 11 is 0. The van der Waals surface area contributed by atoms with Crippen molar-refractivity contribution in [3.05, 3.63) is 54.5 Å². The Bertz CT molecular complexity index is 1280. The summed E-state index contributed by atoms with van der Waals surface area (Å²) < 4.78 is 13.2. The van der Waals surface area contributed by atoms with E-state index in [1.165, 1.54) is 0 Å². The second-order valence-corrected chi connectivity index (χ2v) is 10.2. The van der Waals surface area contributed by atoms with Crippen LogP contribution in [0.5, 0.6) is 5.75 Å². The number of methoxy groups -OCH3 is 1. The lowest BCUT2D eigenvalue weighted by Crippen LogP contribution is -2.56. The van der Waals surface area contributed by atoms with Gasteiger partial charge in [-0.1, -0.05) is 18.2 Å². The van der Waals surface area contributed by atoms with E-state index in [0.29, 0.717) is 19.8 Å². The third-order valence-electron chi connectivity index (χ3n) is 7.90. The molecule has 2 aliphatic rings. The molecule has 3 aromatic rings. The molecule has 2 fully saturated rings. The van der Waals surface area contributed by atoms with Gasteiger partial charge < -0.3 is 29.4 Å². The van der Waals surface area contributed by atoms with Crippen molar-refractivity contribution in [1.82, 2.24) is 24.9 Å². The number of nitrogens with one attached hydrogen (secondary N) is 2. The van der Waals surface area contributed by atoms with E-state index in [1.807, 2.05) is 58.1 Å². The molecule has 202 valence electrons. The molecule has 2 aromatic heterocycles. The van der Waals surface area contributed by atoms with Gasteiger partial charge in [-0.05, 0) is 63.8 Å². The third kappa shape index (κ3) is 5.13. The molecule has 2 aliphatic heterocycles. The van der Waals surface area contributed by atoms with Crippen molar-refractivity contribution in [2.24, 2.45) is 5.92 Å². The van der Waals surface area contributed by atoms with Crippen molar-refractivity contribution < 1.29 is 19.1 Å². The number of nitrogens with zero attached hydrogens (tertiary/aromatic N) is 3. The van der Waals surface area contributed by atoms with Crippen molar-refractivity contribution in [1.29, 1.82) is 0 Å². The number of amides is 2. The standard InChI is InChI=1S/C29H37N5O4/c1-19(30-2)28(35)32-26(20-12-16-38-17-13-20)29(36)34-15-7-10-24(34)23-18-33-14-6-9-22(27(33)31-23)21-8-4-5-11-25(21)37-3/h4-6,8-9,11,14,18-20,24,26,30H,7,10,12-13,15-17H2,1-3H3,(H,32,35)/t19-,24-,26-/m0/s1. The maximum atomic E-state index is 14.1. The first kappa shape index (κ1) is 26.2.